The third-order valence-corrected chi connectivity index (χ3v) is 4.69. The van der Waals surface area contributed by atoms with Gasteiger partial charge in [-0.15, -0.1) is 0 Å². The number of hydrogen-bond acceptors (Lipinski definition) is 5. The zero-order chi connectivity index (χ0) is 18.3. The average Bonchev–Trinajstić information content (AvgIpc) is 3.01. The molecule has 0 saturated carbocycles. The molecule has 2 heterocycles. The molecule has 0 aliphatic carbocycles. The van der Waals surface area contributed by atoms with Crippen molar-refractivity contribution in [1.82, 2.24) is 4.98 Å². The van der Waals surface area contributed by atoms with E-state index in [4.69, 9.17) is 15.2 Å². The number of amides is 1. The van der Waals surface area contributed by atoms with Gasteiger partial charge >= 0.3 is 0 Å². The third-order valence-electron chi connectivity index (χ3n) is 4.69. The van der Waals surface area contributed by atoms with Crippen LogP contribution in [0.15, 0.2) is 42.6 Å². The number of fused-ring (bicyclic) bond motifs is 2. The molecule has 0 bridgehead atoms. The zero-order valence-corrected chi connectivity index (χ0v) is 14.7. The summed E-state index contributed by atoms with van der Waals surface area (Å²) in [4.78, 5) is 18.3. The molecular formula is C20H19N3O3. The van der Waals surface area contributed by atoms with Gasteiger partial charge in [-0.2, -0.15) is 0 Å². The zero-order valence-electron chi connectivity index (χ0n) is 14.7. The first-order valence-corrected chi connectivity index (χ1v) is 8.35. The molecule has 26 heavy (non-hydrogen) atoms. The molecule has 2 N–H and O–H groups in total. The Morgan fingerprint density at radius 1 is 1.19 bits per heavy atom. The van der Waals surface area contributed by atoms with E-state index in [1.807, 2.05) is 6.07 Å². The largest absolute Gasteiger partial charge is 0.496 e. The normalized spacial score (nSPS) is 12.9. The van der Waals surface area contributed by atoms with Gasteiger partial charge < -0.3 is 20.1 Å². The fraction of sp³-hybridized carbons (Fsp3) is 0.200. The van der Waals surface area contributed by atoms with E-state index in [1.165, 1.54) is 18.4 Å². The number of pyridine rings is 1. The monoisotopic (exact) mass is 349 g/mol. The summed E-state index contributed by atoms with van der Waals surface area (Å²) >= 11 is 0. The molecule has 0 unspecified atom stereocenters. The Labute approximate surface area is 151 Å². The lowest BCUT2D eigenvalue weighted by atomic mass is 10.1. The molecule has 0 saturated heterocycles. The molecule has 3 aromatic rings. The molecule has 1 aliphatic rings. The Morgan fingerprint density at radius 3 is 2.81 bits per heavy atom. The number of anilines is 1. The first-order valence-electron chi connectivity index (χ1n) is 8.35. The lowest BCUT2D eigenvalue weighted by molar-refractivity contribution is 0.0997. The van der Waals surface area contributed by atoms with Crippen LogP contribution in [-0.4, -0.2) is 31.6 Å². The number of hydrogen-bond donors (Lipinski definition) is 1. The summed E-state index contributed by atoms with van der Waals surface area (Å²) in [6, 6.07) is 11.2. The van der Waals surface area contributed by atoms with Crippen molar-refractivity contribution in [2.45, 2.75) is 6.42 Å². The second-order valence-electron chi connectivity index (χ2n) is 6.31. The Kier molecular flexibility index (Phi) is 3.88. The standard InChI is InChI=1S/C20H19N3O3/c1-23-8-6-12-9-13(3-4-17(12)23)26-18-5-7-22-16-11-19(25-2)15(20(21)24)10-14(16)18/h3-5,7,9-11H,6,8H2,1-2H3,(H2,21,24). The number of methoxy groups -OCH3 is 1. The summed E-state index contributed by atoms with van der Waals surface area (Å²) in [5, 5.41) is 0.708. The van der Waals surface area contributed by atoms with Crippen LogP contribution in [0.3, 0.4) is 0 Å². The van der Waals surface area contributed by atoms with E-state index in [1.54, 1.807) is 24.4 Å². The molecule has 0 radical (unpaired) electrons. The van der Waals surface area contributed by atoms with Gasteiger partial charge in [0.15, 0.2) is 0 Å². The molecule has 6 heteroatoms. The minimum atomic E-state index is -0.556. The van der Waals surface area contributed by atoms with Gasteiger partial charge in [-0.1, -0.05) is 0 Å². The van der Waals surface area contributed by atoms with Crippen LogP contribution in [0, 0.1) is 0 Å². The van der Waals surface area contributed by atoms with Gasteiger partial charge in [-0.25, -0.2) is 0 Å². The van der Waals surface area contributed by atoms with Crippen molar-refractivity contribution in [3.05, 3.63) is 53.7 Å². The van der Waals surface area contributed by atoms with Crippen LogP contribution < -0.4 is 20.1 Å². The molecule has 1 amide bonds. The quantitative estimate of drug-likeness (QED) is 0.783. The first kappa shape index (κ1) is 16.2. The van der Waals surface area contributed by atoms with Crippen molar-refractivity contribution in [2.75, 3.05) is 25.6 Å². The topological polar surface area (TPSA) is 77.7 Å². The Bertz CT molecular complexity index is 1020. The summed E-state index contributed by atoms with van der Waals surface area (Å²) in [6.45, 7) is 1.01. The maximum Gasteiger partial charge on any atom is 0.252 e. The lowest BCUT2D eigenvalue weighted by Gasteiger charge is -2.14. The molecule has 6 nitrogen and oxygen atoms in total. The van der Waals surface area contributed by atoms with Crippen molar-refractivity contribution < 1.29 is 14.3 Å². The van der Waals surface area contributed by atoms with Crippen LogP contribution in [0.2, 0.25) is 0 Å². The summed E-state index contributed by atoms with van der Waals surface area (Å²) in [7, 11) is 3.58. The Morgan fingerprint density at radius 2 is 2.04 bits per heavy atom. The fourth-order valence-corrected chi connectivity index (χ4v) is 3.33. The van der Waals surface area contributed by atoms with Gasteiger partial charge in [0, 0.05) is 36.9 Å². The number of carbonyl (C=O) groups excluding carboxylic acids is 1. The highest BCUT2D eigenvalue weighted by atomic mass is 16.5. The number of carbonyl (C=O) groups is 1. The van der Waals surface area contributed by atoms with Gasteiger partial charge in [0.1, 0.15) is 17.2 Å². The van der Waals surface area contributed by atoms with Crippen molar-refractivity contribution in [2.24, 2.45) is 5.73 Å². The average molecular weight is 349 g/mol. The van der Waals surface area contributed by atoms with Crippen LogP contribution in [0.5, 0.6) is 17.2 Å². The molecule has 2 aromatic carbocycles. The second-order valence-corrected chi connectivity index (χ2v) is 6.31. The third kappa shape index (κ3) is 2.69. The highest BCUT2D eigenvalue weighted by Gasteiger charge is 2.17. The minimum Gasteiger partial charge on any atom is -0.496 e. The van der Waals surface area contributed by atoms with Crippen LogP contribution in [0.25, 0.3) is 10.9 Å². The van der Waals surface area contributed by atoms with E-state index in [9.17, 15) is 4.79 Å². The predicted molar refractivity (Wildman–Crippen MR) is 100 cm³/mol. The van der Waals surface area contributed by atoms with Gasteiger partial charge in [0.05, 0.1) is 18.2 Å². The molecule has 0 atom stereocenters. The van der Waals surface area contributed by atoms with E-state index >= 15 is 0 Å². The SMILES string of the molecule is COc1cc2nccc(Oc3ccc4c(c3)CCN4C)c2cc1C(N)=O. The summed E-state index contributed by atoms with van der Waals surface area (Å²) < 4.78 is 11.4. The van der Waals surface area contributed by atoms with E-state index in [2.05, 4.69) is 29.1 Å². The van der Waals surface area contributed by atoms with Crippen LogP contribution in [-0.2, 0) is 6.42 Å². The summed E-state index contributed by atoms with van der Waals surface area (Å²) in [5.74, 6) is 1.21. The summed E-state index contributed by atoms with van der Waals surface area (Å²) in [6.07, 6.45) is 2.67. The molecule has 132 valence electrons. The second kappa shape index (κ2) is 6.22. The number of nitrogens with zero attached hydrogens (tertiary/aromatic N) is 2. The molecular weight excluding hydrogens is 330 g/mol. The fourth-order valence-electron chi connectivity index (χ4n) is 3.33. The number of likely N-dealkylation sites (N-methyl/N-ethyl adjacent to an activating group) is 1. The van der Waals surface area contributed by atoms with Crippen molar-refractivity contribution >= 4 is 22.5 Å². The molecule has 1 aliphatic heterocycles. The van der Waals surface area contributed by atoms with Crippen LogP contribution in [0.1, 0.15) is 15.9 Å². The van der Waals surface area contributed by atoms with Crippen LogP contribution >= 0.6 is 0 Å². The van der Waals surface area contributed by atoms with Gasteiger partial charge in [-0.05, 0) is 42.3 Å². The number of nitrogens with two attached hydrogens (primary N) is 1. The Hall–Kier alpha value is -3.28. The minimum absolute atomic E-state index is 0.299. The highest BCUT2D eigenvalue weighted by molar-refractivity contribution is 6.01. The highest BCUT2D eigenvalue weighted by Crippen LogP contribution is 2.35. The van der Waals surface area contributed by atoms with E-state index in [0.29, 0.717) is 28.0 Å². The van der Waals surface area contributed by atoms with Gasteiger partial charge in [-0.3, -0.25) is 9.78 Å². The summed E-state index contributed by atoms with van der Waals surface area (Å²) in [5.41, 5.74) is 8.94. The van der Waals surface area contributed by atoms with Crippen molar-refractivity contribution in [3.8, 4) is 17.2 Å². The molecule has 4 rings (SSSR count). The predicted octanol–water partition coefficient (Wildman–Crippen LogP) is 3.13. The number of ether oxygens (including phenoxy) is 2. The maximum atomic E-state index is 11.7. The van der Waals surface area contributed by atoms with E-state index < -0.39 is 5.91 Å². The van der Waals surface area contributed by atoms with E-state index in [-0.39, 0.29) is 0 Å². The number of benzene rings is 2. The van der Waals surface area contributed by atoms with Gasteiger partial charge in [0.25, 0.3) is 5.91 Å². The molecule has 0 fully saturated rings. The lowest BCUT2D eigenvalue weighted by Crippen LogP contribution is -2.12. The first-order chi connectivity index (χ1) is 12.6. The Balaban J connectivity index is 1.77. The van der Waals surface area contributed by atoms with Crippen LogP contribution in [0.4, 0.5) is 5.69 Å². The molecule has 1 aromatic heterocycles. The number of aromatic nitrogens is 1. The number of rotatable bonds is 4. The smallest absolute Gasteiger partial charge is 0.252 e. The van der Waals surface area contributed by atoms with Crippen molar-refractivity contribution in [1.29, 1.82) is 0 Å². The van der Waals surface area contributed by atoms with E-state index in [0.717, 1.165) is 18.7 Å². The maximum absolute atomic E-state index is 11.7. The molecule has 0 spiro atoms. The van der Waals surface area contributed by atoms with Gasteiger partial charge in [0.2, 0.25) is 0 Å². The number of primary amides is 1. The van der Waals surface area contributed by atoms with Crippen molar-refractivity contribution in [3.63, 3.8) is 0 Å².